The van der Waals surface area contributed by atoms with Crippen LogP contribution in [0.2, 0.25) is 0 Å². The van der Waals surface area contributed by atoms with Gasteiger partial charge in [-0.3, -0.25) is 9.78 Å². The van der Waals surface area contributed by atoms with Crippen molar-refractivity contribution in [3.05, 3.63) is 65.4 Å². The number of rotatable bonds is 6. The summed E-state index contributed by atoms with van der Waals surface area (Å²) in [6, 6.07) is 16.4. The van der Waals surface area contributed by atoms with Crippen LogP contribution in [0.25, 0.3) is 10.9 Å². The number of fused-ring (bicyclic) bond motifs is 1. The monoisotopic (exact) mass is 434 g/mol. The van der Waals surface area contributed by atoms with Crippen molar-refractivity contribution in [1.82, 2.24) is 10.4 Å². The molecular formula is C24H26N4O2S. The van der Waals surface area contributed by atoms with Gasteiger partial charge in [0.2, 0.25) is 5.91 Å². The van der Waals surface area contributed by atoms with Crippen molar-refractivity contribution < 1.29 is 9.53 Å². The largest absolute Gasteiger partial charge is 0.378 e. The molecule has 2 aromatic carbocycles. The van der Waals surface area contributed by atoms with Crippen molar-refractivity contribution in [3.8, 4) is 0 Å². The topological polar surface area (TPSA) is 66.8 Å². The molecule has 7 heteroatoms. The number of nitrogens with zero attached hydrogens (tertiary/aromatic N) is 3. The quantitative estimate of drug-likeness (QED) is 0.362. The molecule has 1 saturated heterocycles. The normalized spacial score (nSPS) is 14.3. The maximum absolute atomic E-state index is 12.3. The van der Waals surface area contributed by atoms with Crippen LogP contribution < -0.4 is 10.3 Å². The number of anilines is 1. The van der Waals surface area contributed by atoms with E-state index >= 15 is 0 Å². The Labute approximate surface area is 186 Å². The second-order valence-electron chi connectivity index (χ2n) is 7.56. The number of benzene rings is 2. The molecule has 0 radical (unpaired) electrons. The zero-order chi connectivity index (χ0) is 21.6. The van der Waals surface area contributed by atoms with Crippen LogP contribution in [0.1, 0.15) is 16.8 Å². The third kappa shape index (κ3) is 5.62. The van der Waals surface area contributed by atoms with Gasteiger partial charge in [0.15, 0.2) is 0 Å². The predicted octanol–water partition coefficient (Wildman–Crippen LogP) is 3.93. The van der Waals surface area contributed by atoms with Gasteiger partial charge in [0.1, 0.15) is 0 Å². The molecule has 1 aliphatic heterocycles. The Morgan fingerprint density at radius 2 is 1.94 bits per heavy atom. The average Bonchev–Trinajstić information content (AvgIpc) is 2.79. The van der Waals surface area contributed by atoms with Crippen LogP contribution in [0.3, 0.4) is 0 Å². The summed E-state index contributed by atoms with van der Waals surface area (Å²) in [5, 5.41) is 5.18. The standard InChI is InChI=1S/C24H26N4O2S/c1-17-3-8-22-21(13-17)23(14-18(2)26-22)31-16-24(29)27-25-15-19-4-6-20(7-5-19)28-9-11-30-12-10-28/h3-8,13-15H,9-12,16H2,1-2H3,(H,27,29). The minimum absolute atomic E-state index is 0.138. The van der Waals surface area contributed by atoms with E-state index in [9.17, 15) is 4.79 Å². The first-order valence-electron chi connectivity index (χ1n) is 10.3. The Bertz CT molecular complexity index is 1090. The van der Waals surface area contributed by atoms with Gasteiger partial charge in [-0.1, -0.05) is 23.8 Å². The van der Waals surface area contributed by atoms with Crippen LogP contribution in [0.4, 0.5) is 5.69 Å². The molecule has 1 aromatic heterocycles. The second-order valence-corrected chi connectivity index (χ2v) is 8.57. The number of carbonyl (C=O) groups excluding carboxylic acids is 1. The van der Waals surface area contributed by atoms with Gasteiger partial charge >= 0.3 is 0 Å². The highest BCUT2D eigenvalue weighted by Gasteiger charge is 2.11. The lowest BCUT2D eigenvalue weighted by molar-refractivity contribution is -0.118. The van der Waals surface area contributed by atoms with E-state index in [0.29, 0.717) is 5.75 Å². The van der Waals surface area contributed by atoms with Crippen molar-refractivity contribution in [3.63, 3.8) is 0 Å². The highest BCUT2D eigenvalue weighted by atomic mass is 32.2. The molecule has 0 aliphatic carbocycles. The summed E-state index contributed by atoms with van der Waals surface area (Å²) >= 11 is 1.50. The van der Waals surface area contributed by atoms with Gasteiger partial charge in [0.05, 0.1) is 30.7 Å². The fourth-order valence-electron chi connectivity index (χ4n) is 3.50. The van der Waals surface area contributed by atoms with Crippen LogP contribution in [-0.4, -0.2) is 49.2 Å². The number of thioether (sulfide) groups is 1. The molecule has 1 amide bonds. The van der Waals surface area contributed by atoms with Gasteiger partial charge in [0, 0.05) is 34.8 Å². The molecule has 0 unspecified atom stereocenters. The maximum atomic E-state index is 12.3. The number of amides is 1. The lowest BCUT2D eigenvalue weighted by atomic mass is 10.1. The van der Waals surface area contributed by atoms with Crippen molar-refractivity contribution in [1.29, 1.82) is 0 Å². The van der Waals surface area contributed by atoms with Crippen LogP contribution in [0.15, 0.2) is 58.5 Å². The van der Waals surface area contributed by atoms with E-state index in [1.165, 1.54) is 23.0 Å². The molecule has 2 heterocycles. The van der Waals surface area contributed by atoms with E-state index in [0.717, 1.165) is 53.4 Å². The molecule has 1 aliphatic rings. The number of aromatic nitrogens is 1. The molecule has 0 bridgehead atoms. The Kier molecular flexibility index (Phi) is 6.84. The first-order chi connectivity index (χ1) is 15.1. The van der Waals surface area contributed by atoms with Crippen molar-refractivity contribution in [2.75, 3.05) is 37.0 Å². The number of hydrogen-bond donors (Lipinski definition) is 1. The van der Waals surface area contributed by atoms with E-state index in [-0.39, 0.29) is 5.91 Å². The van der Waals surface area contributed by atoms with Crippen LogP contribution in [-0.2, 0) is 9.53 Å². The van der Waals surface area contributed by atoms with Gasteiger partial charge in [-0.2, -0.15) is 5.10 Å². The number of hydrogen-bond acceptors (Lipinski definition) is 6. The van der Waals surface area contributed by atoms with E-state index in [4.69, 9.17) is 4.74 Å². The number of nitrogens with one attached hydrogen (secondary N) is 1. The third-order valence-corrected chi connectivity index (χ3v) is 6.14. The smallest absolute Gasteiger partial charge is 0.250 e. The van der Waals surface area contributed by atoms with Crippen LogP contribution in [0.5, 0.6) is 0 Å². The second kappa shape index (κ2) is 9.94. The zero-order valence-electron chi connectivity index (χ0n) is 17.8. The molecule has 4 rings (SSSR count). The minimum Gasteiger partial charge on any atom is -0.378 e. The van der Waals surface area contributed by atoms with Gasteiger partial charge in [-0.25, -0.2) is 5.43 Å². The van der Waals surface area contributed by atoms with Gasteiger partial charge in [-0.05, 0) is 49.7 Å². The summed E-state index contributed by atoms with van der Waals surface area (Å²) in [4.78, 5) is 20.2. The summed E-state index contributed by atoms with van der Waals surface area (Å²) < 4.78 is 5.39. The first-order valence-corrected chi connectivity index (χ1v) is 11.3. The molecule has 6 nitrogen and oxygen atoms in total. The highest BCUT2D eigenvalue weighted by Crippen LogP contribution is 2.28. The van der Waals surface area contributed by atoms with E-state index < -0.39 is 0 Å². The number of pyridine rings is 1. The Hall–Kier alpha value is -2.90. The molecule has 31 heavy (non-hydrogen) atoms. The van der Waals surface area contributed by atoms with E-state index in [1.54, 1.807) is 6.21 Å². The minimum atomic E-state index is -0.138. The maximum Gasteiger partial charge on any atom is 0.250 e. The number of ether oxygens (including phenoxy) is 1. The fourth-order valence-corrected chi connectivity index (χ4v) is 4.43. The van der Waals surface area contributed by atoms with Crippen LogP contribution >= 0.6 is 11.8 Å². The Morgan fingerprint density at radius 3 is 2.71 bits per heavy atom. The number of hydrazone groups is 1. The number of aryl methyl sites for hydroxylation is 2. The Morgan fingerprint density at radius 1 is 1.16 bits per heavy atom. The molecule has 0 spiro atoms. The summed E-state index contributed by atoms with van der Waals surface area (Å²) in [7, 11) is 0. The van der Waals surface area contributed by atoms with Crippen molar-refractivity contribution in [2.45, 2.75) is 18.7 Å². The lowest BCUT2D eigenvalue weighted by Crippen LogP contribution is -2.36. The number of morpholine rings is 1. The van der Waals surface area contributed by atoms with Crippen molar-refractivity contribution in [2.24, 2.45) is 5.10 Å². The van der Waals surface area contributed by atoms with E-state index in [2.05, 4.69) is 51.6 Å². The summed E-state index contributed by atoms with van der Waals surface area (Å²) in [5.41, 5.74) is 7.81. The molecule has 160 valence electrons. The van der Waals surface area contributed by atoms with Gasteiger partial charge < -0.3 is 9.64 Å². The number of carbonyl (C=O) groups is 1. The SMILES string of the molecule is Cc1ccc2nc(C)cc(SCC(=O)NN=Cc3ccc(N4CCOCC4)cc3)c2c1. The molecule has 3 aromatic rings. The molecule has 1 N–H and O–H groups in total. The third-order valence-electron chi connectivity index (χ3n) is 5.09. The molecule has 0 saturated carbocycles. The van der Waals surface area contributed by atoms with Crippen LogP contribution in [0, 0.1) is 13.8 Å². The molecule has 1 fully saturated rings. The molecule has 0 atom stereocenters. The van der Waals surface area contributed by atoms with Crippen molar-refractivity contribution >= 4 is 40.5 Å². The molecular weight excluding hydrogens is 408 g/mol. The fraction of sp³-hybridized carbons (Fsp3) is 0.292. The Balaban J connectivity index is 1.32. The summed E-state index contributed by atoms with van der Waals surface area (Å²) in [5.74, 6) is 0.154. The highest BCUT2D eigenvalue weighted by molar-refractivity contribution is 8.00. The van der Waals surface area contributed by atoms with Gasteiger partial charge in [0.25, 0.3) is 0 Å². The van der Waals surface area contributed by atoms with Gasteiger partial charge in [-0.15, -0.1) is 11.8 Å². The lowest BCUT2D eigenvalue weighted by Gasteiger charge is -2.28. The zero-order valence-corrected chi connectivity index (χ0v) is 18.6. The summed E-state index contributed by atoms with van der Waals surface area (Å²) in [6.45, 7) is 7.38. The average molecular weight is 435 g/mol. The van der Waals surface area contributed by atoms with E-state index in [1.807, 2.05) is 31.2 Å². The first kappa shape index (κ1) is 21.3. The predicted molar refractivity (Wildman–Crippen MR) is 127 cm³/mol. The summed E-state index contributed by atoms with van der Waals surface area (Å²) in [6.07, 6.45) is 1.67.